The Hall–Kier alpha value is -2.50. The lowest BCUT2D eigenvalue weighted by atomic mass is 9.90. The van der Waals surface area contributed by atoms with Crippen molar-refractivity contribution in [3.8, 4) is 6.07 Å². The predicted octanol–water partition coefficient (Wildman–Crippen LogP) is 2.77. The number of hydrogen-bond acceptors (Lipinski definition) is 8. The van der Waals surface area contributed by atoms with E-state index in [4.69, 9.17) is 9.72 Å². The number of hydrogen-bond donors (Lipinski definition) is 2. The van der Waals surface area contributed by atoms with E-state index in [0.717, 1.165) is 50.0 Å². The van der Waals surface area contributed by atoms with Gasteiger partial charge >= 0.3 is 0 Å². The van der Waals surface area contributed by atoms with Gasteiger partial charge in [0.25, 0.3) is 0 Å². The highest BCUT2D eigenvalue weighted by atomic mass is 16.5. The van der Waals surface area contributed by atoms with Crippen LogP contribution in [0.2, 0.25) is 0 Å². The maximum atomic E-state index is 9.24. The average Bonchev–Trinajstić information content (AvgIpc) is 2.74. The summed E-state index contributed by atoms with van der Waals surface area (Å²) in [5.74, 6) is 1.26. The highest BCUT2D eigenvalue weighted by molar-refractivity contribution is 5.89. The van der Waals surface area contributed by atoms with Gasteiger partial charge in [0, 0.05) is 42.8 Å². The molecule has 29 heavy (non-hydrogen) atoms. The molecule has 4 rings (SSSR count). The van der Waals surface area contributed by atoms with Gasteiger partial charge in [-0.1, -0.05) is 0 Å². The lowest BCUT2D eigenvalue weighted by molar-refractivity contribution is 0.00790. The van der Waals surface area contributed by atoms with Crippen molar-refractivity contribution < 1.29 is 4.74 Å². The second-order valence-electron chi connectivity index (χ2n) is 8.20. The van der Waals surface area contributed by atoms with Crippen molar-refractivity contribution in [2.24, 2.45) is 0 Å². The molecule has 0 radical (unpaired) electrons. The van der Waals surface area contributed by atoms with Gasteiger partial charge < -0.3 is 15.4 Å². The van der Waals surface area contributed by atoms with Crippen LogP contribution in [0.3, 0.4) is 0 Å². The molecule has 2 aromatic heterocycles. The van der Waals surface area contributed by atoms with Gasteiger partial charge in [-0.05, 0) is 45.6 Å². The summed E-state index contributed by atoms with van der Waals surface area (Å²) in [6.07, 6.45) is 6.40. The third kappa shape index (κ3) is 4.74. The fourth-order valence-electron chi connectivity index (χ4n) is 4.25. The van der Waals surface area contributed by atoms with Crippen LogP contribution in [-0.4, -0.2) is 64.3 Å². The molecule has 1 aliphatic carbocycles. The first-order chi connectivity index (χ1) is 14.1. The van der Waals surface area contributed by atoms with Crippen molar-refractivity contribution in [1.82, 2.24) is 19.9 Å². The van der Waals surface area contributed by atoms with Crippen molar-refractivity contribution in [2.75, 3.05) is 36.9 Å². The first-order valence-corrected chi connectivity index (χ1v) is 10.5. The van der Waals surface area contributed by atoms with Crippen LogP contribution < -0.4 is 10.6 Å². The van der Waals surface area contributed by atoms with E-state index in [2.05, 4.69) is 31.6 Å². The molecule has 2 N–H and O–H groups in total. The van der Waals surface area contributed by atoms with Gasteiger partial charge in [0.2, 0.25) is 5.95 Å². The molecular formula is C21H29N7O. The van der Waals surface area contributed by atoms with E-state index in [-0.39, 0.29) is 6.04 Å². The van der Waals surface area contributed by atoms with E-state index in [1.54, 1.807) is 12.3 Å². The number of aromatic nitrogens is 3. The third-order valence-electron chi connectivity index (χ3n) is 5.70. The number of anilines is 2. The van der Waals surface area contributed by atoms with Gasteiger partial charge in [-0.2, -0.15) is 5.26 Å². The molecule has 0 amide bonds. The Balaban J connectivity index is 1.45. The Labute approximate surface area is 171 Å². The molecule has 0 spiro atoms. The van der Waals surface area contributed by atoms with Crippen LogP contribution in [-0.2, 0) is 4.74 Å². The van der Waals surface area contributed by atoms with Gasteiger partial charge in [-0.15, -0.1) is 0 Å². The van der Waals surface area contributed by atoms with E-state index in [0.29, 0.717) is 29.5 Å². The summed E-state index contributed by atoms with van der Waals surface area (Å²) in [5.41, 5.74) is 1.11. The lowest BCUT2D eigenvalue weighted by Gasteiger charge is -2.38. The number of rotatable bonds is 5. The summed E-state index contributed by atoms with van der Waals surface area (Å²) in [6, 6.07) is 5.10. The summed E-state index contributed by atoms with van der Waals surface area (Å²) in [6.45, 7) is 7.91. The summed E-state index contributed by atoms with van der Waals surface area (Å²) >= 11 is 0. The second-order valence-corrected chi connectivity index (χ2v) is 8.20. The smallest absolute Gasteiger partial charge is 0.223 e. The number of morpholine rings is 1. The largest absolute Gasteiger partial charge is 0.379 e. The first-order valence-electron chi connectivity index (χ1n) is 10.5. The molecule has 0 bridgehead atoms. The van der Waals surface area contributed by atoms with E-state index >= 15 is 0 Å². The molecule has 2 aliphatic rings. The molecule has 1 saturated heterocycles. The van der Waals surface area contributed by atoms with E-state index < -0.39 is 0 Å². The fourth-order valence-corrected chi connectivity index (χ4v) is 4.25. The summed E-state index contributed by atoms with van der Waals surface area (Å²) in [4.78, 5) is 16.2. The van der Waals surface area contributed by atoms with Crippen LogP contribution in [0.5, 0.6) is 0 Å². The lowest BCUT2D eigenvalue weighted by Crippen LogP contribution is -2.46. The Morgan fingerprint density at radius 2 is 1.93 bits per heavy atom. The number of nitrogens with one attached hydrogen (secondary N) is 2. The average molecular weight is 396 g/mol. The topological polar surface area (TPSA) is 99.0 Å². The molecule has 0 atom stereocenters. The molecule has 1 saturated carbocycles. The molecule has 0 unspecified atom stereocenters. The van der Waals surface area contributed by atoms with Crippen molar-refractivity contribution in [2.45, 2.75) is 57.7 Å². The maximum absolute atomic E-state index is 9.24. The second kappa shape index (κ2) is 8.89. The zero-order chi connectivity index (χ0) is 20.2. The molecule has 2 aromatic rings. The SMILES string of the molecule is CC(C)Nc1nc(C#N)cc2cnc(N[C@H]3CC[C@H](N4CCOCC4)CC3)nc12. The Morgan fingerprint density at radius 3 is 2.62 bits per heavy atom. The summed E-state index contributed by atoms with van der Waals surface area (Å²) < 4.78 is 5.48. The predicted molar refractivity (Wildman–Crippen MR) is 113 cm³/mol. The number of fused-ring (bicyclic) bond motifs is 1. The molecular weight excluding hydrogens is 366 g/mol. The zero-order valence-corrected chi connectivity index (χ0v) is 17.2. The summed E-state index contributed by atoms with van der Waals surface area (Å²) in [5, 5.41) is 16.9. The highest BCUT2D eigenvalue weighted by Gasteiger charge is 2.27. The third-order valence-corrected chi connectivity index (χ3v) is 5.70. The molecule has 154 valence electrons. The van der Waals surface area contributed by atoms with Crippen molar-refractivity contribution >= 4 is 22.7 Å². The summed E-state index contributed by atoms with van der Waals surface area (Å²) in [7, 11) is 0. The van der Waals surface area contributed by atoms with Crippen LogP contribution >= 0.6 is 0 Å². The van der Waals surface area contributed by atoms with Crippen LogP contribution in [0.25, 0.3) is 10.9 Å². The van der Waals surface area contributed by atoms with Crippen molar-refractivity contribution in [1.29, 1.82) is 5.26 Å². The van der Waals surface area contributed by atoms with Gasteiger partial charge in [-0.3, -0.25) is 4.90 Å². The van der Waals surface area contributed by atoms with Crippen LogP contribution in [0, 0.1) is 11.3 Å². The van der Waals surface area contributed by atoms with Crippen molar-refractivity contribution in [3.63, 3.8) is 0 Å². The molecule has 0 aromatic carbocycles. The van der Waals surface area contributed by atoms with Gasteiger partial charge in [-0.25, -0.2) is 15.0 Å². The quantitative estimate of drug-likeness (QED) is 0.797. The van der Waals surface area contributed by atoms with E-state index in [9.17, 15) is 5.26 Å². The first kappa shape index (κ1) is 19.8. The highest BCUT2D eigenvalue weighted by Crippen LogP contribution is 2.27. The van der Waals surface area contributed by atoms with Crippen LogP contribution in [0.15, 0.2) is 12.3 Å². The maximum Gasteiger partial charge on any atom is 0.223 e. The number of ether oxygens (including phenoxy) is 1. The number of pyridine rings is 1. The fraction of sp³-hybridized carbons (Fsp3) is 0.619. The van der Waals surface area contributed by atoms with Crippen molar-refractivity contribution in [3.05, 3.63) is 18.0 Å². The van der Waals surface area contributed by atoms with Crippen LogP contribution in [0.1, 0.15) is 45.2 Å². The number of nitrogens with zero attached hydrogens (tertiary/aromatic N) is 5. The standard InChI is InChI=1S/C21H29N7O/c1-14(2)24-20-19-15(11-17(12-22)25-20)13-23-21(27-19)26-16-3-5-18(6-4-16)28-7-9-29-10-8-28/h11,13-14,16,18H,3-10H2,1-2H3,(H,24,25)(H,23,26,27)/t16-,18-. The minimum atomic E-state index is 0.196. The monoisotopic (exact) mass is 395 g/mol. The molecule has 8 heteroatoms. The van der Waals surface area contributed by atoms with E-state index in [1.165, 1.54) is 12.8 Å². The minimum absolute atomic E-state index is 0.196. The van der Waals surface area contributed by atoms with E-state index in [1.807, 2.05) is 13.8 Å². The molecule has 8 nitrogen and oxygen atoms in total. The molecule has 1 aliphatic heterocycles. The Bertz CT molecular complexity index is 880. The Morgan fingerprint density at radius 1 is 1.17 bits per heavy atom. The normalized spacial score (nSPS) is 23.1. The van der Waals surface area contributed by atoms with Gasteiger partial charge in [0.15, 0.2) is 5.82 Å². The minimum Gasteiger partial charge on any atom is -0.379 e. The van der Waals surface area contributed by atoms with Crippen LogP contribution in [0.4, 0.5) is 11.8 Å². The molecule has 3 heterocycles. The Kier molecular flexibility index (Phi) is 6.07. The molecule has 2 fully saturated rings. The van der Waals surface area contributed by atoms with Gasteiger partial charge in [0.1, 0.15) is 17.3 Å². The zero-order valence-electron chi connectivity index (χ0n) is 17.2. The number of nitriles is 1. The van der Waals surface area contributed by atoms with Gasteiger partial charge in [0.05, 0.1) is 13.2 Å².